The molecule has 8 heavy (non-hydrogen) atoms. The average Bonchev–Trinajstić information content (AvgIpc) is 1.65. The second kappa shape index (κ2) is 3.42. The maximum Gasteiger partial charge on any atom is 0.106 e. The molecule has 0 aromatic rings. The van der Waals surface area contributed by atoms with Crippen LogP contribution >= 0.6 is 0 Å². The zero-order chi connectivity index (χ0) is 6.57. The van der Waals surface area contributed by atoms with Crippen LogP contribution in [0.15, 0.2) is 0 Å². The zero-order valence-electron chi connectivity index (χ0n) is 5.26. The standard InChI is InChI=1S/C5H11N3/c1-8(2)4-5(7)3-6/h5H,4,7H2,1-2H3. The summed E-state index contributed by atoms with van der Waals surface area (Å²) < 4.78 is 0. The van der Waals surface area contributed by atoms with E-state index >= 15 is 0 Å². The second-order valence-corrected chi connectivity index (χ2v) is 2.00. The van der Waals surface area contributed by atoms with E-state index in [1.807, 2.05) is 25.1 Å². The fraction of sp³-hybridized carbons (Fsp3) is 0.800. The summed E-state index contributed by atoms with van der Waals surface area (Å²) >= 11 is 0. The fourth-order valence-corrected chi connectivity index (χ4v) is 0.434. The van der Waals surface area contributed by atoms with Gasteiger partial charge < -0.3 is 10.6 Å². The van der Waals surface area contributed by atoms with Crippen LogP contribution in [0.3, 0.4) is 0 Å². The molecule has 0 heterocycles. The zero-order valence-corrected chi connectivity index (χ0v) is 5.26. The summed E-state index contributed by atoms with van der Waals surface area (Å²) in [4.78, 5) is 1.88. The molecule has 46 valence electrons. The second-order valence-electron chi connectivity index (χ2n) is 2.00. The van der Waals surface area contributed by atoms with E-state index in [-0.39, 0.29) is 6.04 Å². The largest absolute Gasteiger partial charge is 0.315 e. The molecule has 1 atom stereocenters. The molecule has 3 heteroatoms. The van der Waals surface area contributed by atoms with Gasteiger partial charge in [0.1, 0.15) is 6.04 Å². The van der Waals surface area contributed by atoms with Crippen LogP contribution in [0, 0.1) is 11.3 Å². The van der Waals surface area contributed by atoms with Gasteiger partial charge in [0, 0.05) is 6.54 Å². The molecule has 0 rings (SSSR count). The SMILES string of the molecule is CN(C)CC(N)C#N. The number of rotatable bonds is 2. The molecule has 3 nitrogen and oxygen atoms in total. The molecule has 0 aliphatic carbocycles. The van der Waals surface area contributed by atoms with Crippen molar-refractivity contribution in [1.29, 1.82) is 5.26 Å². The highest BCUT2D eigenvalue weighted by molar-refractivity contribution is 4.87. The van der Waals surface area contributed by atoms with Crippen LogP contribution < -0.4 is 5.73 Å². The Morgan fingerprint density at radius 1 is 1.75 bits per heavy atom. The molecule has 0 aliphatic heterocycles. The predicted octanol–water partition coefficient (Wildman–Crippen LogP) is -0.601. The van der Waals surface area contributed by atoms with Crippen molar-refractivity contribution in [3.63, 3.8) is 0 Å². The van der Waals surface area contributed by atoms with Crippen LogP contribution in [0.25, 0.3) is 0 Å². The topological polar surface area (TPSA) is 53.0 Å². The Morgan fingerprint density at radius 3 is 2.38 bits per heavy atom. The molecule has 0 aromatic heterocycles. The summed E-state index contributed by atoms with van der Waals surface area (Å²) in [5.74, 6) is 0. The minimum Gasteiger partial charge on any atom is -0.315 e. The van der Waals surface area contributed by atoms with Gasteiger partial charge in [0.05, 0.1) is 6.07 Å². The van der Waals surface area contributed by atoms with Crippen molar-refractivity contribution in [2.75, 3.05) is 20.6 Å². The molecule has 0 amide bonds. The summed E-state index contributed by atoms with van der Waals surface area (Å²) in [6.45, 7) is 0.635. The Morgan fingerprint density at radius 2 is 2.25 bits per heavy atom. The van der Waals surface area contributed by atoms with Crippen LogP contribution in [0.1, 0.15) is 0 Å². The molecule has 2 N–H and O–H groups in total. The first-order valence-corrected chi connectivity index (χ1v) is 2.46. The molecular formula is C5H11N3. The van der Waals surface area contributed by atoms with Crippen LogP contribution in [-0.2, 0) is 0 Å². The van der Waals surface area contributed by atoms with Crippen molar-refractivity contribution in [2.24, 2.45) is 5.73 Å². The van der Waals surface area contributed by atoms with Gasteiger partial charge in [-0.1, -0.05) is 0 Å². The van der Waals surface area contributed by atoms with E-state index < -0.39 is 0 Å². The molecule has 0 saturated heterocycles. The Bertz CT molecular complexity index is 92.3. The van der Waals surface area contributed by atoms with Crippen molar-refractivity contribution in [3.05, 3.63) is 0 Å². The first kappa shape index (κ1) is 7.41. The van der Waals surface area contributed by atoms with Gasteiger partial charge in [0.2, 0.25) is 0 Å². The highest BCUT2D eigenvalue weighted by Gasteiger charge is 1.98. The van der Waals surface area contributed by atoms with Crippen molar-refractivity contribution in [2.45, 2.75) is 6.04 Å². The van der Waals surface area contributed by atoms with Gasteiger partial charge in [0.15, 0.2) is 0 Å². The Kier molecular flexibility index (Phi) is 3.16. The quantitative estimate of drug-likeness (QED) is 0.520. The van der Waals surface area contributed by atoms with Gasteiger partial charge in [-0.15, -0.1) is 0 Å². The number of hydrogen-bond acceptors (Lipinski definition) is 3. The first-order chi connectivity index (χ1) is 3.66. The molecule has 0 aliphatic rings. The molecule has 0 fully saturated rings. The van der Waals surface area contributed by atoms with Gasteiger partial charge in [0.25, 0.3) is 0 Å². The molecular weight excluding hydrogens is 102 g/mol. The number of nitrogens with two attached hydrogens (primary N) is 1. The molecule has 0 bridgehead atoms. The number of likely N-dealkylation sites (N-methyl/N-ethyl adjacent to an activating group) is 1. The minimum absolute atomic E-state index is 0.343. The lowest BCUT2D eigenvalue weighted by Crippen LogP contribution is -2.31. The molecule has 0 saturated carbocycles. The van der Waals surface area contributed by atoms with Crippen molar-refractivity contribution >= 4 is 0 Å². The summed E-state index contributed by atoms with van der Waals surface area (Å²) in [5.41, 5.74) is 5.27. The number of nitrogens with zero attached hydrogens (tertiary/aromatic N) is 2. The van der Waals surface area contributed by atoms with Gasteiger partial charge in [-0.2, -0.15) is 5.26 Å². The van der Waals surface area contributed by atoms with E-state index in [9.17, 15) is 0 Å². The normalized spacial score (nSPS) is 13.4. The third-order valence-corrected chi connectivity index (χ3v) is 0.728. The maximum absolute atomic E-state index is 8.18. The highest BCUT2D eigenvalue weighted by Crippen LogP contribution is 1.77. The van der Waals surface area contributed by atoms with E-state index in [0.29, 0.717) is 6.54 Å². The summed E-state index contributed by atoms with van der Waals surface area (Å²) in [6, 6.07) is 1.59. The van der Waals surface area contributed by atoms with E-state index in [4.69, 9.17) is 11.0 Å². The monoisotopic (exact) mass is 113 g/mol. The van der Waals surface area contributed by atoms with E-state index in [1.165, 1.54) is 0 Å². The van der Waals surface area contributed by atoms with Crippen LogP contribution in [0.5, 0.6) is 0 Å². The lowest BCUT2D eigenvalue weighted by molar-refractivity contribution is 0.398. The average molecular weight is 113 g/mol. The molecule has 0 radical (unpaired) electrons. The van der Waals surface area contributed by atoms with Crippen molar-refractivity contribution in [3.8, 4) is 6.07 Å². The number of hydrogen-bond donors (Lipinski definition) is 1. The van der Waals surface area contributed by atoms with Crippen molar-refractivity contribution in [1.82, 2.24) is 4.90 Å². The summed E-state index contributed by atoms with van der Waals surface area (Å²) in [7, 11) is 3.77. The molecule has 0 aromatic carbocycles. The van der Waals surface area contributed by atoms with E-state index in [0.717, 1.165) is 0 Å². The van der Waals surface area contributed by atoms with E-state index in [1.54, 1.807) is 0 Å². The van der Waals surface area contributed by atoms with Gasteiger partial charge >= 0.3 is 0 Å². The summed E-state index contributed by atoms with van der Waals surface area (Å²) in [5, 5.41) is 8.18. The highest BCUT2D eigenvalue weighted by atomic mass is 15.1. The lowest BCUT2D eigenvalue weighted by atomic mass is 10.3. The van der Waals surface area contributed by atoms with Crippen LogP contribution in [-0.4, -0.2) is 31.6 Å². The smallest absolute Gasteiger partial charge is 0.106 e. The first-order valence-electron chi connectivity index (χ1n) is 2.46. The van der Waals surface area contributed by atoms with Crippen molar-refractivity contribution < 1.29 is 0 Å². The molecule has 0 spiro atoms. The third kappa shape index (κ3) is 3.59. The predicted molar refractivity (Wildman–Crippen MR) is 32.1 cm³/mol. The van der Waals surface area contributed by atoms with Crippen LogP contribution in [0.2, 0.25) is 0 Å². The van der Waals surface area contributed by atoms with E-state index in [2.05, 4.69) is 0 Å². The Labute approximate surface area is 49.7 Å². The third-order valence-electron chi connectivity index (χ3n) is 0.728. The van der Waals surface area contributed by atoms with Gasteiger partial charge in [-0.25, -0.2) is 0 Å². The lowest BCUT2D eigenvalue weighted by Gasteiger charge is -2.09. The molecule has 1 unspecified atom stereocenters. The van der Waals surface area contributed by atoms with Gasteiger partial charge in [-0.3, -0.25) is 0 Å². The summed E-state index contributed by atoms with van der Waals surface area (Å²) in [6.07, 6.45) is 0. The minimum atomic E-state index is -0.343. The maximum atomic E-state index is 8.18. The van der Waals surface area contributed by atoms with Crippen LogP contribution in [0.4, 0.5) is 0 Å². The van der Waals surface area contributed by atoms with Gasteiger partial charge in [-0.05, 0) is 14.1 Å². The Hall–Kier alpha value is -0.590. The number of nitriles is 1. The fourth-order valence-electron chi connectivity index (χ4n) is 0.434. The Balaban J connectivity index is 3.28.